The van der Waals surface area contributed by atoms with Gasteiger partial charge in [-0.05, 0) is 88.1 Å². The van der Waals surface area contributed by atoms with Gasteiger partial charge in [-0.2, -0.15) is 0 Å². The Balaban J connectivity index is 1.26. The lowest BCUT2D eigenvalue weighted by molar-refractivity contribution is -0.229. The van der Waals surface area contributed by atoms with E-state index in [0.29, 0.717) is 24.7 Å². The summed E-state index contributed by atoms with van der Waals surface area (Å²) in [6, 6.07) is -0.703. The molecule has 1 heterocycles. The van der Waals surface area contributed by atoms with Crippen LogP contribution in [0.2, 0.25) is 0 Å². The van der Waals surface area contributed by atoms with Crippen LogP contribution in [0, 0.1) is 47.3 Å². The van der Waals surface area contributed by atoms with E-state index in [9.17, 15) is 30.3 Å². The molecule has 0 spiro atoms. The van der Waals surface area contributed by atoms with Gasteiger partial charge in [-0.3, -0.25) is 4.79 Å². The maximum absolute atomic E-state index is 14.1. The normalized spacial score (nSPS) is 49.0. The number of allylic oxidation sites excluding steroid dienone is 4. The molecule has 6 rings (SSSR count). The summed E-state index contributed by atoms with van der Waals surface area (Å²) in [5, 5.41) is 56.2. The van der Waals surface area contributed by atoms with Crippen LogP contribution in [-0.4, -0.2) is 85.8 Å². The van der Waals surface area contributed by atoms with Crippen molar-refractivity contribution in [3.8, 4) is 0 Å². The number of hydrogen-bond acceptors (Lipinski definition) is 8. The van der Waals surface area contributed by atoms with Crippen LogP contribution in [0.5, 0.6) is 0 Å². The molecule has 0 radical (unpaired) electrons. The third-order valence-electron chi connectivity index (χ3n) is 11.3. The van der Waals surface area contributed by atoms with Crippen molar-refractivity contribution in [2.75, 3.05) is 19.6 Å². The summed E-state index contributed by atoms with van der Waals surface area (Å²) >= 11 is 0. The number of rotatable bonds is 4. The first-order chi connectivity index (χ1) is 18.6. The number of Topliss-reactive ketones (excluding diaryl/α,β-unsaturated/α-hetero) is 1. The topological polar surface area (TPSA) is 147 Å². The molecular formula is C31H46N2O6. The molecule has 0 bridgehead atoms. The molecule has 0 aromatic rings. The number of aliphatic hydroxyl groups is 5. The second-order valence-corrected chi connectivity index (χ2v) is 13.6. The zero-order chi connectivity index (χ0) is 27.6. The molecule has 3 fully saturated rings. The zero-order valence-electron chi connectivity index (χ0n) is 23.0. The third-order valence-corrected chi connectivity index (χ3v) is 11.3. The van der Waals surface area contributed by atoms with Gasteiger partial charge >= 0.3 is 0 Å². The molecule has 0 amide bonds. The number of likely N-dealkylation sites (tertiary alicyclic amines) is 1. The Hall–Kier alpha value is -1.55. The van der Waals surface area contributed by atoms with Crippen molar-refractivity contribution in [2.45, 2.75) is 81.8 Å². The van der Waals surface area contributed by atoms with Gasteiger partial charge in [0.05, 0.1) is 23.9 Å². The van der Waals surface area contributed by atoms with E-state index >= 15 is 0 Å². The molecule has 216 valence electrons. The van der Waals surface area contributed by atoms with E-state index in [2.05, 4.69) is 23.1 Å². The quantitative estimate of drug-likeness (QED) is 0.294. The van der Waals surface area contributed by atoms with E-state index in [1.807, 2.05) is 0 Å². The molecular weight excluding hydrogens is 496 g/mol. The molecule has 10 unspecified atom stereocenters. The molecule has 13 atom stereocenters. The first-order valence-electron chi connectivity index (χ1n) is 15.2. The number of fused-ring (bicyclic) bond motifs is 3. The van der Waals surface area contributed by atoms with Gasteiger partial charge in [0.15, 0.2) is 0 Å². The highest BCUT2D eigenvalue weighted by molar-refractivity contribution is 5.87. The minimum absolute atomic E-state index is 0.0249. The summed E-state index contributed by atoms with van der Waals surface area (Å²) in [5.74, 6) is -1.54. The van der Waals surface area contributed by atoms with Crippen molar-refractivity contribution >= 4 is 5.78 Å². The average Bonchev–Trinajstić information content (AvgIpc) is 3.39. The van der Waals surface area contributed by atoms with Crippen LogP contribution in [0.1, 0.15) is 51.9 Å². The number of carbonyl (C=O) groups is 1. The Labute approximate surface area is 231 Å². The summed E-state index contributed by atoms with van der Waals surface area (Å²) in [5.41, 5.74) is 4.15. The molecule has 8 heteroatoms. The Bertz CT molecular complexity index is 1050. The molecule has 6 aliphatic rings. The van der Waals surface area contributed by atoms with Crippen molar-refractivity contribution in [1.29, 1.82) is 0 Å². The van der Waals surface area contributed by atoms with Crippen molar-refractivity contribution in [3.05, 3.63) is 35.6 Å². The lowest BCUT2D eigenvalue weighted by atomic mass is 9.49. The van der Waals surface area contributed by atoms with E-state index in [4.69, 9.17) is 5.73 Å². The number of nitrogens with zero attached hydrogens (tertiary/aromatic N) is 1. The van der Waals surface area contributed by atoms with E-state index in [0.717, 1.165) is 19.4 Å². The van der Waals surface area contributed by atoms with Gasteiger partial charge in [-0.1, -0.05) is 24.3 Å². The predicted octanol–water partition coefficient (Wildman–Crippen LogP) is 1.68. The molecule has 0 aromatic heterocycles. The zero-order valence-corrected chi connectivity index (χ0v) is 23.0. The van der Waals surface area contributed by atoms with Crippen LogP contribution in [0.15, 0.2) is 35.6 Å². The van der Waals surface area contributed by atoms with E-state index in [1.165, 1.54) is 25.9 Å². The van der Waals surface area contributed by atoms with Crippen molar-refractivity contribution < 1.29 is 30.3 Å². The van der Waals surface area contributed by atoms with Crippen molar-refractivity contribution in [1.82, 2.24) is 4.90 Å². The fraction of sp³-hybridized carbons (Fsp3) is 0.774. The third kappa shape index (κ3) is 4.46. The second kappa shape index (κ2) is 10.4. The van der Waals surface area contributed by atoms with Crippen LogP contribution in [0.25, 0.3) is 0 Å². The van der Waals surface area contributed by atoms with Crippen molar-refractivity contribution in [2.24, 2.45) is 53.1 Å². The van der Waals surface area contributed by atoms with Crippen LogP contribution in [0.3, 0.4) is 0 Å². The first kappa shape index (κ1) is 27.6. The van der Waals surface area contributed by atoms with E-state index in [1.54, 1.807) is 13.0 Å². The molecule has 8 nitrogen and oxygen atoms in total. The molecule has 7 N–H and O–H groups in total. The Kier molecular flexibility index (Phi) is 7.34. The first-order valence-corrected chi connectivity index (χ1v) is 15.2. The van der Waals surface area contributed by atoms with Gasteiger partial charge in [-0.15, -0.1) is 0 Å². The highest BCUT2D eigenvalue weighted by Gasteiger charge is 2.65. The summed E-state index contributed by atoms with van der Waals surface area (Å²) in [6.07, 6.45) is 10.4. The highest BCUT2D eigenvalue weighted by Crippen LogP contribution is 2.57. The SMILES string of the molecule is CC(N)C1=C(O)C[C@@H]2C[C@@H]3CC4C(C5C=CCC(CN6CCCC6)C5)C=CC(O)C4C(=O)C3C(O)[C@]2(O)C1O. The maximum atomic E-state index is 14.1. The number of hydrogen-bond donors (Lipinski definition) is 6. The Morgan fingerprint density at radius 1 is 1.08 bits per heavy atom. The Morgan fingerprint density at radius 2 is 1.82 bits per heavy atom. The summed E-state index contributed by atoms with van der Waals surface area (Å²) < 4.78 is 0. The van der Waals surface area contributed by atoms with Crippen LogP contribution in [0.4, 0.5) is 0 Å². The molecule has 5 aliphatic carbocycles. The molecule has 1 saturated heterocycles. The van der Waals surface area contributed by atoms with E-state index < -0.39 is 47.7 Å². The second-order valence-electron chi connectivity index (χ2n) is 13.6. The molecule has 0 aromatic carbocycles. The number of ketones is 1. The summed E-state index contributed by atoms with van der Waals surface area (Å²) in [7, 11) is 0. The standard InChI is InChI=1S/C31H46N2O6/c1-16(32)25-24(35)14-20-12-19-13-22-21(18-6-4-5-17(11-18)15-33-9-2-3-10-33)7-8-23(34)27(22)28(36)26(19)30(38)31(20,39)29(25)37/h4,6-8,16-23,26-27,29-30,34-35,37-39H,2-3,5,9-15,32H2,1H3/t16?,17?,18?,19-,20+,21?,22?,23?,26?,27?,29?,30?,31-/m1/s1. The highest BCUT2D eigenvalue weighted by atomic mass is 16.4. The average molecular weight is 543 g/mol. The van der Waals surface area contributed by atoms with Crippen molar-refractivity contribution in [3.63, 3.8) is 0 Å². The number of aliphatic hydroxyl groups excluding tert-OH is 4. The van der Waals surface area contributed by atoms with Crippen LogP contribution in [-0.2, 0) is 4.79 Å². The smallest absolute Gasteiger partial charge is 0.145 e. The molecule has 2 saturated carbocycles. The lowest BCUT2D eigenvalue weighted by Crippen LogP contribution is -2.70. The minimum Gasteiger partial charge on any atom is -0.512 e. The lowest BCUT2D eigenvalue weighted by Gasteiger charge is -2.58. The largest absolute Gasteiger partial charge is 0.512 e. The minimum atomic E-state index is -1.97. The fourth-order valence-corrected chi connectivity index (χ4v) is 9.50. The predicted molar refractivity (Wildman–Crippen MR) is 146 cm³/mol. The van der Waals surface area contributed by atoms with Gasteiger partial charge in [0, 0.05) is 36.4 Å². The van der Waals surface area contributed by atoms with Gasteiger partial charge < -0.3 is 36.2 Å². The fourth-order valence-electron chi connectivity index (χ4n) is 9.50. The van der Waals surface area contributed by atoms with Crippen LogP contribution >= 0.6 is 0 Å². The van der Waals surface area contributed by atoms with Crippen LogP contribution < -0.4 is 5.73 Å². The summed E-state index contributed by atoms with van der Waals surface area (Å²) in [4.78, 5) is 16.7. The molecule has 1 aliphatic heterocycles. The number of nitrogens with two attached hydrogens (primary N) is 1. The monoisotopic (exact) mass is 542 g/mol. The van der Waals surface area contributed by atoms with Gasteiger partial charge in [0.2, 0.25) is 0 Å². The van der Waals surface area contributed by atoms with Gasteiger partial charge in [0.25, 0.3) is 0 Å². The Morgan fingerprint density at radius 3 is 2.54 bits per heavy atom. The van der Waals surface area contributed by atoms with E-state index in [-0.39, 0.29) is 41.3 Å². The molecule has 39 heavy (non-hydrogen) atoms. The van der Waals surface area contributed by atoms with Gasteiger partial charge in [-0.25, -0.2) is 0 Å². The summed E-state index contributed by atoms with van der Waals surface area (Å²) in [6.45, 7) is 5.10. The van der Waals surface area contributed by atoms with Gasteiger partial charge in [0.1, 0.15) is 17.5 Å². The number of carbonyl (C=O) groups excluding carboxylic acids is 1. The maximum Gasteiger partial charge on any atom is 0.145 e.